The van der Waals surface area contributed by atoms with Gasteiger partial charge in [0.25, 0.3) is 0 Å². The summed E-state index contributed by atoms with van der Waals surface area (Å²) in [6.45, 7) is 0.530. The van der Waals surface area contributed by atoms with E-state index in [1.807, 2.05) is 48.5 Å². The van der Waals surface area contributed by atoms with Crippen LogP contribution in [0.5, 0.6) is 5.75 Å². The van der Waals surface area contributed by atoms with Gasteiger partial charge in [-0.3, -0.25) is 4.79 Å². The Kier molecular flexibility index (Phi) is 2.95. The van der Waals surface area contributed by atoms with Crippen LogP contribution in [0.15, 0.2) is 48.5 Å². The first kappa shape index (κ1) is 11.8. The van der Waals surface area contributed by atoms with E-state index in [1.54, 1.807) is 0 Å². The zero-order valence-electron chi connectivity index (χ0n) is 10.4. The number of fused-ring (bicyclic) bond motifs is 1. The summed E-state index contributed by atoms with van der Waals surface area (Å²) in [4.78, 5) is 10.9. The smallest absolute Gasteiger partial charge is 0.311 e. The van der Waals surface area contributed by atoms with Gasteiger partial charge in [-0.1, -0.05) is 36.4 Å². The van der Waals surface area contributed by atoms with E-state index in [-0.39, 0.29) is 5.92 Å². The van der Waals surface area contributed by atoms with Crippen LogP contribution in [0.1, 0.15) is 22.6 Å². The summed E-state index contributed by atoms with van der Waals surface area (Å²) in [5.74, 6) is -0.282. The van der Waals surface area contributed by atoms with Crippen molar-refractivity contribution >= 4 is 5.97 Å². The van der Waals surface area contributed by atoms with Crippen molar-refractivity contribution in [2.24, 2.45) is 0 Å². The molecule has 2 aromatic carbocycles. The van der Waals surface area contributed by atoms with E-state index < -0.39 is 5.97 Å². The van der Waals surface area contributed by atoms with Crippen LogP contribution in [0.2, 0.25) is 0 Å². The van der Waals surface area contributed by atoms with Crippen LogP contribution in [0.4, 0.5) is 0 Å². The number of hydrogen-bond donors (Lipinski definition) is 1. The monoisotopic (exact) mass is 254 g/mol. The van der Waals surface area contributed by atoms with E-state index >= 15 is 0 Å². The highest BCUT2D eigenvalue weighted by molar-refractivity contribution is 5.80. The Morgan fingerprint density at radius 1 is 1.21 bits per heavy atom. The zero-order valence-corrected chi connectivity index (χ0v) is 10.4. The Morgan fingerprint density at radius 2 is 2.00 bits per heavy atom. The molecule has 3 heteroatoms. The molecule has 96 valence electrons. The van der Waals surface area contributed by atoms with Gasteiger partial charge in [0.05, 0.1) is 5.92 Å². The van der Waals surface area contributed by atoms with Gasteiger partial charge in [-0.15, -0.1) is 0 Å². The fourth-order valence-electron chi connectivity index (χ4n) is 2.35. The second-order valence-corrected chi connectivity index (χ2v) is 4.73. The fraction of sp³-hybridized carbons (Fsp3) is 0.188. The van der Waals surface area contributed by atoms with Crippen molar-refractivity contribution in [3.63, 3.8) is 0 Å². The third-order valence-electron chi connectivity index (χ3n) is 3.46. The highest BCUT2D eigenvalue weighted by atomic mass is 16.5. The molecule has 3 nitrogen and oxygen atoms in total. The average molecular weight is 254 g/mol. The van der Waals surface area contributed by atoms with Crippen molar-refractivity contribution in [2.75, 3.05) is 0 Å². The molecule has 0 fully saturated rings. The van der Waals surface area contributed by atoms with Gasteiger partial charge < -0.3 is 9.84 Å². The van der Waals surface area contributed by atoms with Gasteiger partial charge in [-0.2, -0.15) is 0 Å². The number of carbonyl (C=O) groups is 1. The molecule has 0 bridgehead atoms. The molecule has 0 saturated heterocycles. The molecule has 0 heterocycles. The van der Waals surface area contributed by atoms with Crippen LogP contribution < -0.4 is 4.74 Å². The zero-order chi connectivity index (χ0) is 13.2. The van der Waals surface area contributed by atoms with Crippen LogP contribution >= 0.6 is 0 Å². The molecule has 0 radical (unpaired) electrons. The molecule has 1 N–H and O–H groups in total. The van der Waals surface area contributed by atoms with Crippen LogP contribution in [0.3, 0.4) is 0 Å². The van der Waals surface area contributed by atoms with Gasteiger partial charge in [0.15, 0.2) is 0 Å². The minimum absolute atomic E-state index is 0.335. The maximum absolute atomic E-state index is 10.9. The minimum atomic E-state index is -0.745. The molecule has 3 rings (SSSR count). The van der Waals surface area contributed by atoms with Crippen LogP contribution in [0, 0.1) is 0 Å². The van der Waals surface area contributed by atoms with Crippen molar-refractivity contribution in [3.05, 3.63) is 65.2 Å². The Labute approximate surface area is 111 Å². The van der Waals surface area contributed by atoms with E-state index in [2.05, 4.69) is 0 Å². The van der Waals surface area contributed by atoms with E-state index in [0.717, 1.165) is 22.4 Å². The molecule has 1 atom stereocenters. The number of carboxylic acids is 1. The highest BCUT2D eigenvalue weighted by Gasteiger charge is 2.32. The molecular formula is C16H14O3. The lowest BCUT2D eigenvalue weighted by Crippen LogP contribution is -2.24. The normalized spacial score (nSPS) is 16.3. The Morgan fingerprint density at radius 3 is 2.68 bits per heavy atom. The molecule has 1 unspecified atom stereocenters. The van der Waals surface area contributed by atoms with E-state index in [4.69, 9.17) is 9.84 Å². The lowest BCUT2D eigenvalue weighted by atomic mass is 9.77. The number of hydrogen-bond acceptors (Lipinski definition) is 2. The summed E-state index contributed by atoms with van der Waals surface area (Å²) in [5, 5.41) is 8.97. The topological polar surface area (TPSA) is 46.5 Å². The number of rotatable bonds is 4. The molecule has 1 aliphatic rings. The Balaban J connectivity index is 1.68. The van der Waals surface area contributed by atoms with Crippen molar-refractivity contribution < 1.29 is 14.6 Å². The van der Waals surface area contributed by atoms with Crippen LogP contribution in [0.25, 0.3) is 0 Å². The first-order valence-electron chi connectivity index (χ1n) is 6.26. The predicted octanol–water partition coefficient (Wildman–Crippen LogP) is 2.99. The fourth-order valence-corrected chi connectivity index (χ4v) is 2.35. The second-order valence-electron chi connectivity index (χ2n) is 4.73. The molecule has 0 spiro atoms. The average Bonchev–Trinajstić information content (AvgIpc) is 2.39. The maximum atomic E-state index is 10.9. The SMILES string of the molecule is O=C(O)C1Cc2cc(OCc3ccccc3)ccc21. The van der Waals surface area contributed by atoms with Gasteiger partial charge in [0, 0.05) is 0 Å². The van der Waals surface area contributed by atoms with E-state index in [0.29, 0.717) is 13.0 Å². The van der Waals surface area contributed by atoms with Crippen LogP contribution in [-0.2, 0) is 17.8 Å². The van der Waals surface area contributed by atoms with Gasteiger partial charge in [0.1, 0.15) is 12.4 Å². The third-order valence-corrected chi connectivity index (χ3v) is 3.46. The number of benzene rings is 2. The lowest BCUT2D eigenvalue weighted by molar-refractivity contribution is -0.139. The second kappa shape index (κ2) is 4.76. The summed E-state index contributed by atoms with van der Waals surface area (Å²) >= 11 is 0. The summed E-state index contributed by atoms with van der Waals surface area (Å²) < 4.78 is 5.71. The quantitative estimate of drug-likeness (QED) is 0.912. The summed E-state index contributed by atoms with van der Waals surface area (Å²) in [6, 6.07) is 15.6. The van der Waals surface area contributed by atoms with Crippen LogP contribution in [-0.4, -0.2) is 11.1 Å². The summed E-state index contributed by atoms with van der Waals surface area (Å²) in [5.41, 5.74) is 3.12. The number of aliphatic carboxylic acids is 1. The van der Waals surface area contributed by atoms with E-state index in [9.17, 15) is 4.79 Å². The number of carboxylic acid groups (broad SMARTS) is 1. The minimum Gasteiger partial charge on any atom is -0.489 e. The molecule has 1 aliphatic carbocycles. The largest absolute Gasteiger partial charge is 0.489 e. The molecule has 0 aliphatic heterocycles. The van der Waals surface area contributed by atoms with Gasteiger partial charge in [0.2, 0.25) is 0 Å². The molecule has 2 aromatic rings. The Bertz CT molecular complexity index is 605. The van der Waals surface area contributed by atoms with Gasteiger partial charge in [-0.25, -0.2) is 0 Å². The standard InChI is InChI=1S/C16H14O3/c17-16(18)15-9-12-8-13(6-7-14(12)15)19-10-11-4-2-1-3-5-11/h1-8,15H,9-10H2,(H,17,18). The first-order chi connectivity index (χ1) is 9.24. The van der Waals surface area contributed by atoms with Crippen molar-refractivity contribution in [3.8, 4) is 5.75 Å². The van der Waals surface area contributed by atoms with Crippen molar-refractivity contribution in [1.29, 1.82) is 0 Å². The Hall–Kier alpha value is -2.29. The highest BCUT2D eigenvalue weighted by Crippen LogP contribution is 2.37. The molecular weight excluding hydrogens is 240 g/mol. The number of ether oxygens (including phenoxy) is 1. The van der Waals surface area contributed by atoms with Gasteiger partial charge in [-0.05, 0) is 35.2 Å². The van der Waals surface area contributed by atoms with Gasteiger partial charge >= 0.3 is 5.97 Å². The lowest BCUT2D eigenvalue weighted by Gasteiger charge is -2.27. The van der Waals surface area contributed by atoms with Crippen molar-refractivity contribution in [2.45, 2.75) is 18.9 Å². The summed E-state index contributed by atoms with van der Waals surface area (Å²) in [6.07, 6.45) is 0.604. The molecule has 19 heavy (non-hydrogen) atoms. The first-order valence-corrected chi connectivity index (χ1v) is 6.26. The predicted molar refractivity (Wildman–Crippen MR) is 71.3 cm³/mol. The third kappa shape index (κ3) is 2.32. The van der Waals surface area contributed by atoms with E-state index in [1.165, 1.54) is 0 Å². The van der Waals surface area contributed by atoms with Crippen molar-refractivity contribution in [1.82, 2.24) is 0 Å². The molecule has 0 saturated carbocycles. The maximum Gasteiger partial charge on any atom is 0.311 e. The summed E-state index contributed by atoms with van der Waals surface area (Å²) in [7, 11) is 0. The molecule has 0 amide bonds. The molecule has 0 aromatic heterocycles.